The molecule has 9 nitrogen and oxygen atoms in total. The Balaban J connectivity index is 1.16. The Hall–Kier alpha value is -3.46. The van der Waals surface area contributed by atoms with Gasteiger partial charge in [-0.25, -0.2) is 9.78 Å². The lowest BCUT2D eigenvalue weighted by atomic mass is 9.57. The van der Waals surface area contributed by atoms with E-state index in [0.29, 0.717) is 18.9 Å². The number of carboxylic acid groups (broad SMARTS) is 1. The Morgan fingerprint density at radius 2 is 1.86 bits per heavy atom. The Morgan fingerprint density at radius 3 is 2.61 bits per heavy atom. The summed E-state index contributed by atoms with van der Waals surface area (Å²) in [7, 11) is 2.01. The van der Waals surface area contributed by atoms with E-state index in [0.717, 1.165) is 54.4 Å². The standard InChI is InChI=1S/C27H32N6O3/c1-31-23(15-32-7-3-2-4-8-32)22(14-29-31)18-5-6-19-13-28-24(10-20(19)9-18)30-25(34)21-11-27(12-21)16-33(17-27)26(35)36/h5-6,9-10,13-14,21H,2-4,7-8,11-12,15-17H2,1H3,(H,35,36)(H,28,30,34). The quantitative estimate of drug-likeness (QED) is 0.564. The van der Waals surface area contributed by atoms with Crippen molar-refractivity contribution in [1.82, 2.24) is 24.6 Å². The second-order valence-electron chi connectivity index (χ2n) is 10.8. The molecular weight excluding hydrogens is 456 g/mol. The van der Waals surface area contributed by atoms with Crippen LogP contribution in [0.3, 0.4) is 0 Å². The molecule has 0 unspecified atom stereocenters. The molecule has 9 heteroatoms. The van der Waals surface area contributed by atoms with Gasteiger partial charge in [-0.1, -0.05) is 18.6 Å². The van der Waals surface area contributed by atoms with Gasteiger partial charge < -0.3 is 15.3 Å². The zero-order valence-electron chi connectivity index (χ0n) is 20.6. The number of anilines is 1. The van der Waals surface area contributed by atoms with Crippen LogP contribution in [0.4, 0.5) is 10.6 Å². The molecule has 2 aliphatic heterocycles. The molecule has 3 fully saturated rings. The predicted octanol–water partition coefficient (Wildman–Crippen LogP) is 3.95. The van der Waals surface area contributed by atoms with E-state index >= 15 is 0 Å². The van der Waals surface area contributed by atoms with E-state index < -0.39 is 6.09 Å². The molecular formula is C27H32N6O3. The molecule has 6 rings (SSSR count). The zero-order valence-corrected chi connectivity index (χ0v) is 20.6. The molecule has 0 radical (unpaired) electrons. The predicted molar refractivity (Wildman–Crippen MR) is 136 cm³/mol. The van der Waals surface area contributed by atoms with Crippen LogP contribution in [-0.4, -0.2) is 67.9 Å². The number of fused-ring (bicyclic) bond motifs is 1. The average Bonchev–Trinajstić information content (AvgIpc) is 3.17. The summed E-state index contributed by atoms with van der Waals surface area (Å²) in [6, 6.07) is 8.27. The largest absolute Gasteiger partial charge is 0.465 e. The maximum Gasteiger partial charge on any atom is 0.407 e. The number of carbonyl (C=O) groups is 2. The van der Waals surface area contributed by atoms with Gasteiger partial charge in [0.15, 0.2) is 0 Å². The van der Waals surface area contributed by atoms with E-state index in [1.165, 1.54) is 29.9 Å². The monoisotopic (exact) mass is 488 g/mol. The molecule has 2 amide bonds. The van der Waals surface area contributed by atoms with Crippen LogP contribution in [-0.2, 0) is 18.4 Å². The lowest BCUT2D eigenvalue weighted by molar-refractivity contribution is -0.136. The van der Waals surface area contributed by atoms with Gasteiger partial charge >= 0.3 is 6.09 Å². The Morgan fingerprint density at radius 1 is 1.08 bits per heavy atom. The molecule has 188 valence electrons. The van der Waals surface area contributed by atoms with Gasteiger partial charge in [0.25, 0.3) is 0 Å². The number of nitrogens with one attached hydrogen (secondary N) is 1. The van der Waals surface area contributed by atoms with Crippen molar-refractivity contribution >= 4 is 28.6 Å². The summed E-state index contributed by atoms with van der Waals surface area (Å²) < 4.78 is 1.98. The zero-order chi connectivity index (χ0) is 24.9. The molecule has 1 spiro atoms. The molecule has 3 aliphatic rings. The van der Waals surface area contributed by atoms with Crippen molar-refractivity contribution in [2.45, 2.75) is 38.6 Å². The van der Waals surface area contributed by atoms with E-state index in [1.54, 1.807) is 6.20 Å². The summed E-state index contributed by atoms with van der Waals surface area (Å²) in [5, 5.41) is 18.6. The topological polar surface area (TPSA) is 104 Å². The minimum absolute atomic E-state index is 0.00172. The van der Waals surface area contributed by atoms with Gasteiger partial charge in [0.2, 0.25) is 5.91 Å². The first-order valence-electron chi connectivity index (χ1n) is 12.8. The first-order valence-corrected chi connectivity index (χ1v) is 12.8. The minimum atomic E-state index is -0.877. The van der Waals surface area contributed by atoms with Gasteiger partial charge in [0, 0.05) is 55.2 Å². The first kappa shape index (κ1) is 23.0. The van der Waals surface area contributed by atoms with Crippen LogP contribution < -0.4 is 5.32 Å². The number of nitrogens with zero attached hydrogens (tertiary/aromatic N) is 5. The summed E-state index contributed by atoms with van der Waals surface area (Å²) in [6.07, 6.45) is 8.17. The van der Waals surface area contributed by atoms with E-state index in [2.05, 4.69) is 38.5 Å². The Bertz CT molecular complexity index is 1310. The minimum Gasteiger partial charge on any atom is -0.465 e. The number of benzene rings is 1. The third kappa shape index (κ3) is 4.21. The molecule has 2 saturated heterocycles. The molecule has 4 heterocycles. The summed E-state index contributed by atoms with van der Waals surface area (Å²) in [5.74, 6) is 0.428. The Kier molecular flexibility index (Phi) is 5.67. The van der Waals surface area contributed by atoms with E-state index in [-0.39, 0.29) is 17.2 Å². The molecule has 0 bridgehead atoms. The number of rotatable bonds is 5. The number of aromatic nitrogens is 3. The van der Waals surface area contributed by atoms with Crippen LogP contribution in [0.2, 0.25) is 0 Å². The second kappa shape index (κ2) is 8.89. The van der Waals surface area contributed by atoms with Gasteiger partial charge in [0.05, 0.1) is 11.9 Å². The number of piperidine rings is 1. The highest BCUT2D eigenvalue weighted by Crippen LogP contribution is 2.52. The molecule has 2 aromatic heterocycles. The summed E-state index contributed by atoms with van der Waals surface area (Å²) >= 11 is 0. The normalized spacial score (nSPS) is 19.8. The van der Waals surface area contributed by atoms with E-state index in [4.69, 9.17) is 5.11 Å². The highest BCUT2D eigenvalue weighted by molar-refractivity contribution is 5.95. The van der Waals surface area contributed by atoms with Crippen LogP contribution in [0.25, 0.3) is 21.9 Å². The van der Waals surface area contributed by atoms with Crippen molar-refractivity contribution in [3.8, 4) is 11.1 Å². The third-order valence-electron chi connectivity index (χ3n) is 8.22. The highest BCUT2D eigenvalue weighted by atomic mass is 16.4. The van der Waals surface area contributed by atoms with Crippen molar-refractivity contribution < 1.29 is 14.7 Å². The first-order chi connectivity index (χ1) is 17.4. The SMILES string of the molecule is Cn1ncc(-c2ccc3cnc(NC(=O)C4CC5(C4)CN(C(=O)O)C5)cc3c2)c1CN1CCCCC1. The summed E-state index contributed by atoms with van der Waals surface area (Å²) in [4.78, 5) is 32.2. The Labute approximate surface area is 210 Å². The molecule has 0 atom stereocenters. The number of aryl methyl sites for hydroxylation is 1. The van der Waals surface area contributed by atoms with Crippen LogP contribution in [0.5, 0.6) is 0 Å². The second-order valence-corrected chi connectivity index (χ2v) is 10.8. The van der Waals surface area contributed by atoms with Crippen LogP contribution >= 0.6 is 0 Å². The lowest BCUT2D eigenvalue weighted by Gasteiger charge is -2.57. The van der Waals surface area contributed by atoms with Gasteiger partial charge in [-0.15, -0.1) is 0 Å². The maximum absolute atomic E-state index is 12.8. The molecule has 1 aromatic carbocycles. The molecule has 1 aliphatic carbocycles. The van der Waals surface area contributed by atoms with Gasteiger partial charge in [-0.2, -0.15) is 5.10 Å². The van der Waals surface area contributed by atoms with Crippen molar-refractivity contribution in [1.29, 1.82) is 0 Å². The van der Waals surface area contributed by atoms with Gasteiger partial charge in [-0.3, -0.25) is 14.4 Å². The number of hydrogen-bond donors (Lipinski definition) is 2. The van der Waals surface area contributed by atoms with Gasteiger partial charge in [-0.05, 0) is 61.9 Å². The van der Waals surface area contributed by atoms with E-state index in [1.807, 2.05) is 24.0 Å². The van der Waals surface area contributed by atoms with Crippen LogP contribution in [0, 0.1) is 11.3 Å². The number of carbonyl (C=O) groups excluding carboxylic acids is 1. The molecule has 2 N–H and O–H groups in total. The van der Waals surface area contributed by atoms with Crippen molar-refractivity contribution in [2.24, 2.45) is 18.4 Å². The number of hydrogen-bond acceptors (Lipinski definition) is 5. The number of pyridine rings is 1. The van der Waals surface area contributed by atoms with Crippen molar-refractivity contribution in [3.63, 3.8) is 0 Å². The van der Waals surface area contributed by atoms with Crippen molar-refractivity contribution in [2.75, 3.05) is 31.5 Å². The number of likely N-dealkylation sites (tertiary alicyclic amines) is 2. The molecule has 3 aromatic rings. The molecule has 1 saturated carbocycles. The summed E-state index contributed by atoms with van der Waals surface area (Å²) in [6.45, 7) is 4.25. The highest BCUT2D eigenvalue weighted by Gasteiger charge is 2.55. The smallest absolute Gasteiger partial charge is 0.407 e. The number of amides is 2. The fourth-order valence-electron chi connectivity index (χ4n) is 6.15. The third-order valence-corrected chi connectivity index (χ3v) is 8.22. The lowest BCUT2D eigenvalue weighted by Crippen LogP contribution is -2.64. The fraction of sp³-hybridized carbons (Fsp3) is 0.481. The average molecular weight is 489 g/mol. The van der Waals surface area contributed by atoms with E-state index in [9.17, 15) is 9.59 Å². The van der Waals surface area contributed by atoms with Crippen LogP contribution in [0.1, 0.15) is 37.8 Å². The van der Waals surface area contributed by atoms with Crippen LogP contribution in [0.15, 0.2) is 36.7 Å². The summed E-state index contributed by atoms with van der Waals surface area (Å²) in [5.41, 5.74) is 3.47. The molecule has 36 heavy (non-hydrogen) atoms. The van der Waals surface area contributed by atoms with Gasteiger partial charge in [0.1, 0.15) is 5.82 Å². The fourth-order valence-corrected chi connectivity index (χ4v) is 6.15. The maximum atomic E-state index is 12.8. The van der Waals surface area contributed by atoms with Crippen molar-refractivity contribution in [3.05, 3.63) is 42.4 Å².